The van der Waals surface area contributed by atoms with Gasteiger partial charge in [-0.15, -0.1) is 0 Å². The summed E-state index contributed by atoms with van der Waals surface area (Å²) in [6, 6.07) is 0. The fourth-order valence-electron chi connectivity index (χ4n) is 1.30. The van der Waals surface area contributed by atoms with Gasteiger partial charge >= 0.3 is 0 Å². The first-order valence-electron chi connectivity index (χ1n) is 4.97. The molecule has 2 unspecified atom stereocenters. The zero-order valence-corrected chi connectivity index (χ0v) is 9.27. The number of hydrogen-bond acceptors (Lipinski definition) is 3. The van der Waals surface area contributed by atoms with Gasteiger partial charge in [0.2, 0.25) is 0 Å². The molecule has 0 aliphatic heterocycles. The molecule has 2 atom stereocenters. The second-order valence-corrected chi connectivity index (χ2v) is 3.81. The van der Waals surface area contributed by atoms with Gasteiger partial charge < -0.3 is 4.55 Å². The Bertz CT molecular complexity index is 139. The highest BCUT2D eigenvalue weighted by Crippen LogP contribution is 2.12. The molecule has 0 aliphatic rings. The van der Waals surface area contributed by atoms with Gasteiger partial charge in [0.15, 0.2) is 0 Å². The van der Waals surface area contributed by atoms with Crippen molar-refractivity contribution in [3.8, 4) is 0 Å². The molecule has 4 heteroatoms. The predicted molar refractivity (Wildman–Crippen MR) is 52.8 cm³/mol. The van der Waals surface area contributed by atoms with Crippen molar-refractivity contribution in [3.63, 3.8) is 0 Å². The van der Waals surface area contributed by atoms with Crippen LogP contribution in [0.25, 0.3) is 0 Å². The molecule has 0 heterocycles. The van der Waals surface area contributed by atoms with E-state index in [1.54, 1.807) is 0 Å². The Hall–Kier alpha value is 0.0700. The Kier molecular flexibility index (Phi) is 8.71. The molecule has 0 spiro atoms. The summed E-state index contributed by atoms with van der Waals surface area (Å²) in [6.45, 7) is 4.16. The molecule has 0 saturated heterocycles. The third kappa shape index (κ3) is 8.40. The molecule has 3 nitrogen and oxygen atoms in total. The second kappa shape index (κ2) is 8.66. The summed E-state index contributed by atoms with van der Waals surface area (Å²) < 4.78 is 25.3. The van der Waals surface area contributed by atoms with Crippen LogP contribution in [-0.4, -0.2) is 14.9 Å². The number of unbranched alkanes of at least 4 members (excludes halogenated alkanes) is 2. The summed E-state index contributed by atoms with van der Waals surface area (Å²) in [6.07, 6.45) is 5.91. The van der Waals surface area contributed by atoms with Crippen molar-refractivity contribution in [1.29, 1.82) is 0 Å². The van der Waals surface area contributed by atoms with Crippen LogP contribution in [-0.2, 0) is 15.5 Å². The van der Waals surface area contributed by atoms with Gasteiger partial charge in [-0.2, -0.15) is 0 Å². The van der Waals surface area contributed by atoms with Crippen molar-refractivity contribution in [2.24, 2.45) is 0 Å². The molecule has 0 radical (unpaired) electrons. The van der Waals surface area contributed by atoms with E-state index in [-0.39, 0.29) is 6.10 Å². The SMILES string of the molecule is CCCCCC(CCC)OS(=O)[O-]. The molecule has 0 aromatic carbocycles. The standard InChI is InChI=1S/C9H20O3S/c1-3-5-6-8-9(7-4-2)12-13(10)11/h9H,3-8H2,1-2H3,(H,10,11)/p-1. The first-order valence-corrected chi connectivity index (χ1v) is 5.97. The molecule has 0 saturated carbocycles. The van der Waals surface area contributed by atoms with Crippen molar-refractivity contribution in [2.45, 2.75) is 58.5 Å². The van der Waals surface area contributed by atoms with Crippen LogP contribution in [0.2, 0.25) is 0 Å². The first-order chi connectivity index (χ1) is 6.20. The Morgan fingerprint density at radius 1 is 1.23 bits per heavy atom. The summed E-state index contributed by atoms with van der Waals surface area (Å²) in [5.74, 6) is 0. The minimum atomic E-state index is -2.35. The lowest BCUT2D eigenvalue weighted by Crippen LogP contribution is -2.14. The Balaban J connectivity index is 3.59. The molecular formula is C9H19O3S-. The van der Waals surface area contributed by atoms with Gasteiger partial charge in [-0.3, -0.25) is 4.18 Å². The molecule has 13 heavy (non-hydrogen) atoms. The lowest BCUT2D eigenvalue weighted by Gasteiger charge is -2.17. The van der Waals surface area contributed by atoms with E-state index in [4.69, 9.17) is 4.18 Å². The van der Waals surface area contributed by atoms with Gasteiger partial charge in [0.05, 0.1) is 17.5 Å². The van der Waals surface area contributed by atoms with Crippen LogP contribution in [0.15, 0.2) is 0 Å². The zero-order chi connectivity index (χ0) is 10.1. The number of hydrogen-bond donors (Lipinski definition) is 0. The quantitative estimate of drug-likeness (QED) is 0.454. The van der Waals surface area contributed by atoms with Crippen LogP contribution in [0.1, 0.15) is 52.4 Å². The highest BCUT2D eigenvalue weighted by molar-refractivity contribution is 7.74. The molecule has 0 bridgehead atoms. The maximum Gasteiger partial charge on any atom is 0.0844 e. The van der Waals surface area contributed by atoms with Crippen molar-refractivity contribution in [2.75, 3.05) is 0 Å². The predicted octanol–water partition coefficient (Wildman–Crippen LogP) is 2.55. The van der Waals surface area contributed by atoms with E-state index in [0.29, 0.717) is 0 Å². The monoisotopic (exact) mass is 207 g/mol. The van der Waals surface area contributed by atoms with Crippen LogP contribution in [0, 0.1) is 0 Å². The molecule has 0 aliphatic carbocycles. The lowest BCUT2D eigenvalue weighted by molar-refractivity contribution is 0.176. The largest absolute Gasteiger partial charge is 0.750 e. The molecule has 0 fully saturated rings. The fourth-order valence-corrected chi connectivity index (χ4v) is 1.71. The van der Waals surface area contributed by atoms with Gasteiger partial charge in [-0.25, -0.2) is 4.21 Å². The van der Waals surface area contributed by atoms with Crippen molar-refractivity contribution in [1.82, 2.24) is 0 Å². The average molecular weight is 207 g/mol. The summed E-state index contributed by atoms with van der Waals surface area (Å²) in [5.41, 5.74) is 0. The minimum absolute atomic E-state index is 0.102. The highest BCUT2D eigenvalue weighted by Gasteiger charge is 2.07. The van der Waals surface area contributed by atoms with E-state index in [1.165, 1.54) is 0 Å². The fraction of sp³-hybridized carbons (Fsp3) is 1.00. The van der Waals surface area contributed by atoms with E-state index >= 15 is 0 Å². The maximum atomic E-state index is 10.3. The van der Waals surface area contributed by atoms with E-state index in [2.05, 4.69) is 6.92 Å². The van der Waals surface area contributed by atoms with Crippen LogP contribution in [0.3, 0.4) is 0 Å². The normalized spacial score (nSPS) is 15.6. The van der Waals surface area contributed by atoms with E-state index in [1.807, 2.05) is 6.92 Å². The lowest BCUT2D eigenvalue weighted by atomic mass is 10.1. The molecular weight excluding hydrogens is 188 g/mol. The van der Waals surface area contributed by atoms with Crippen molar-refractivity contribution in [3.05, 3.63) is 0 Å². The second-order valence-electron chi connectivity index (χ2n) is 3.21. The molecule has 0 rings (SSSR count). The third-order valence-electron chi connectivity index (χ3n) is 1.95. The van der Waals surface area contributed by atoms with Crippen LogP contribution in [0.4, 0.5) is 0 Å². The van der Waals surface area contributed by atoms with E-state index in [9.17, 15) is 8.76 Å². The van der Waals surface area contributed by atoms with Crippen molar-refractivity contribution < 1.29 is 12.9 Å². The van der Waals surface area contributed by atoms with Gasteiger partial charge in [0.25, 0.3) is 0 Å². The van der Waals surface area contributed by atoms with Gasteiger partial charge in [-0.05, 0) is 12.8 Å². The first kappa shape index (κ1) is 13.1. The van der Waals surface area contributed by atoms with Crippen LogP contribution < -0.4 is 0 Å². The van der Waals surface area contributed by atoms with Crippen LogP contribution >= 0.6 is 0 Å². The van der Waals surface area contributed by atoms with Gasteiger partial charge in [0.1, 0.15) is 0 Å². The molecule has 0 aromatic rings. The maximum absolute atomic E-state index is 10.3. The smallest absolute Gasteiger partial charge is 0.0844 e. The summed E-state index contributed by atoms with van der Waals surface area (Å²) in [4.78, 5) is 0. The Labute approximate surface area is 83.4 Å². The van der Waals surface area contributed by atoms with Gasteiger partial charge in [-0.1, -0.05) is 39.5 Å². The minimum Gasteiger partial charge on any atom is -0.750 e. The average Bonchev–Trinajstić information content (AvgIpc) is 2.04. The molecule has 80 valence electrons. The molecule has 0 amide bonds. The zero-order valence-electron chi connectivity index (χ0n) is 8.45. The van der Waals surface area contributed by atoms with Crippen LogP contribution in [0.5, 0.6) is 0 Å². The topological polar surface area (TPSA) is 49.4 Å². The Morgan fingerprint density at radius 3 is 2.38 bits per heavy atom. The van der Waals surface area contributed by atoms with Crippen molar-refractivity contribution >= 4 is 11.4 Å². The molecule has 0 aromatic heterocycles. The summed E-state index contributed by atoms with van der Waals surface area (Å²) >= 11 is -2.35. The van der Waals surface area contributed by atoms with Gasteiger partial charge in [0, 0.05) is 0 Å². The van der Waals surface area contributed by atoms with E-state index < -0.39 is 11.4 Å². The number of rotatable bonds is 8. The highest BCUT2D eigenvalue weighted by atomic mass is 32.2. The third-order valence-corrected chi connectivity index (χ3v) is 2.38. The summed E-state index contributed by atoms with van der Waals surface area (Å²) in [5, 5.41) is 0. The summed E-state index contributed by atoms with van der Waals surface area (Å²) in [7, 11) is 0. The Morgan fingerprint density at radius 2 is 1.92 bits per heavy atom. The molecule has 0 N–H and O–H groups in total. The van der Waals surface area contributed by atoms with E-state index in [0.717, 1.165) is 38.5 Å².